The van der Waals surface area contributed by atoms with Crippen molar-refractivity contribution in [3.63, 3.8) is 0 Å². The van der Waals surface area contributed by atoms with E-state index in [0.29, 0.717) is 13.0 Å². The van der Waals surface area contributed by atoms with Crippen LogP contribution in [-0.2, 0) is 6.18 Å². The summed E-state index contributed by atoms with van der Waals surface area (Å²) in [5.41, 5.74) is -0.0755. The molecule has 0 saturated heterocycles. The van der Waals surface area contributed by atoms with Gasteiger partial charge in [-0.2, -0.15) is 13.2 Å². The van der Waals surface area contributed by atoms with Gasteiger partial charge in [-0.3, -0.25) is 0 Å². The molecule has 17 heavy (non-hydrogen) atoms. The number of nitrogens with one attached hydrogen (secondary N) is 1. The molecular weight excluding hydrogens is 234 g/mol. The van der Waals surface area contributed by atoms with E-state index in [1.165, 1.54) is 6.07 Å². The summed E-state index contributed by atoms with van der Waals surface area (Å²) in [6.45, 7) is 5.97. The predicted molar refractivity (Wildman–Crippen MR) is 59.3 cm³/mol. The first-order valence-electron chi connectivity index (χ1n) is 5.05. The number of hydrogen-bond acceptors (Lipinski definition) is 1. The molecule has 0 aliphatic rings. The smallest absolute Gasteiger partial charge is 0.385 e. The number of alkyl halides is 3. The van der Waals surface area contributed by atoms with E-state index in [9.17, 15) is 17.6 Å². The second-order valence-electron chi connectivity index (χ2n) is 3.83. The number of halogens is 4. The van der Waals surface area contributed by atoms with Crippen LogP contribution in [0.2, 0.25) is 0 Å². The maximum absolute atomic E-state index is 13.0. The second-order valence-corrected chi connectivity index (χ2v) is 3.83. The fourth-order valence-corrected chi connectivity index (χ4v) is 1.27. The lowest BCUT2D eigenvalue weighted by molar-refractivity contribution is -0.139. The Morgan fingerprint density at radius 2 is 2.00 bits per heavy atom. The fraction of sp³-hybridized carbons (Fsp3) is 0.333. The van der Waals surface area contributed by atoms with Gasteiger partial charge >= 0.3 is 6.18 Å². The van der Waals surface area contributed by atoms with Crippen LogP contribution in [0, 0.1) is 5.82 Å². The Hall–Kier alpha value is -1.52. The van der Waals surface area contributed by atoms with E-state index in [1.807, 2.05) is 6.92 Å². The van der Waals surface area contributed by atoms with Crippen molar-refractivity contribution in [2.75, 3.05) is 11.9 Å². The largest absolute Gasteiger partial charge is 0.419 e. The van der Waals surface area contributed by atoms with Gasteiger partial charge in [0.1, 0.15) is 5.82 Å². The summed E-state index contributed by atoms with van der Waals surface area (Å²) in [5.74, 6) is -1.26. The Morgan fingerprint density at radius 1 is 1.35 bits per heavy atom. The van der Waals surface area contributed by atoms with Gasteiger partial charge < -0.3 is 5.32 Å². The molecular formula is C12H13F4N. The Morgan fingerprint density at radius 3 is 2.53 bits per heavy atom. The molecule has 0 amide bonds. The Balaban J connectivity index is 2.79. The zero-order valence-electron chi connectivity index (χ0n) is 9.37. The third kappa shape index (κ3) is 4.09. The summed E-state index contributed by atoms with van der Waals surface area (Å²) in [5, 5.41) is 2.79. The normalized spacial score (nSPS) is 11.4. The summed E-state index contributed by atoms with van der Waals surface area (Å²) < 4.78 is 50.1. The third-order valence-electron chi connectivity index (χ3n) is 2.15. The lowest BCUT2D eigenvalue weighted by Crippen LogP contribution is -2.10. The van der Waals surface area contributed by atoms with Gasteiger partial charge in [0.05, 0.1) is 5.56 Å². The van der Waals surface area contributed by atoms with Crippen molar-refractivity contribution in [2.24, 2.45) is 0 Å². The number of anilines is 1. The highest BCUT2D eigenvalue weighted by molar-refractivity contribution is 5.47. The van der Waals surface area contributed by atoms with Gasteiger partial charge in [-0.15, -0.1) is 6.58 Å². The molecule has 0 aromatic heterocycles. The zero-order chi connectivity index (χ0) is 13.1. The van der Waals surface area contributed by atoms with Crippen LogP contribution in [0.25, 0.3) is 0 Å². The molecule has 94 valence electrons. The molecule has 0 aliphatic heterocycles. The van der Waals surface area contributed by atoms with Gasteiger partial charge in [0.25, 0.3) is 0 Å². The third-order valence-corrected chi connectivity index (χ3v) is 2.15. The van der Waals surface area contributed by atoms with Crippen LogP contribution in [0.3, 0.4) is 0 Å². The predicted octanol–water partition coefficient (Wildman–Crippen LogP) is 4.22. The molecule has 0 bridgehead atoms. The minimum Gasteiger partial charge on any atom is -0.385 e. The van der Waals surface area contributed by atoms with E-state index in [0.717, 1.165) is 17.7 Å². The molecule has 0 unspecified atom stereocenters. The van der Waals surface area contributed by atoms with Gasteiger partial charge in [0.2, 0.25) is 0 Å². The first kappa shape index (κ1) is 13.5. The molecule has 0 spiro atoms. The molecule has 0 radical (unpaired) electrons. The van der Waals surface area contributed by atoms with E-state index >= 15 is 0 Å². The second kappa shape index (κ2) is 5.21. The Kier molecular flexibility index (Phi) is 4.15. The van der Waals surface area contributed by atoms with Crippen molar-refractivity contribution < 1.29 is 17.6 Å². The average Bonchev–Trinajstić information content (AvgIpc) is 2.18. The molecule has 1 N–H and O–H groups in total. The highest BCUT2D eigenvalue weighted by Crippen LogP contribution is 2.32. The standard InChI is InChI=1S/C12H13F4N/c1-8(2)5-6-17-9-3-4-11(13)10(7-9)12(14,15)16/h3-4,7,17H,1,5-6H2,2H3. The summed E-state index contributed by atoms with van der Waals surface area (Å²) in [6, 6.07) is 2.86. The maximum Gasteiger partial charge on any atom is 0.419 e. The zero-order valence-corrected chi connectivity index (χ0v) is 9.37. The number of benzene rings is 1. The number of hydrogen-bond donors (Lipinski definition) is 1. The van der Waals surface area contributed by atoms with E-state index < -0.39 is 17.6 Å². The molecule has 0 fully saturated rings. The Labute approximate surface area is 97.1 Å². The van der Waals surface area contributed by atoms with Crippen molar-refractivity contribution in [1.29, 1.82) is 0 Å². The quantitative estimate of drug-likeness (QED) is 0.620. The van der Waals surface area contributed by atoms with Crippen LogP contribution in [0.4, 0.5) is 23.2 Å². The molecule has 1 aromatic carbocycles. The van der Waals surface area contributed by atoms with E-state index in [1.54, 1.807) is 0 Å². The van der Waals surface area contributed by atoms with Crippen LogP contribution in [0.15, 0.2) is 30.4 Å². The first-order chi connectivity index (χ1) is 7.80. The molecule has 1 aromatic rings. The van der Waals surface area contributed by atoms with Gasteiger partial charge in [-0.05, 0) is 31.5 Å². The summed E-state index contributed by atoms with van der Waals surface area (Å²) >= 11 is 0. The average molecular weight is 247 g/mol. The minimum absolute atomic E-state index is 0.250. The van der Waals surface area contributed by atoms with Gasteiger partial charge in [0, 0.05) is 12.2 Å². The van der Waals surface area contributed by atoms with Gasteiger partial charge in [0.15, 0.2) is 0 Å². The van der Waals surface area contributed by atoms with Crippen LogP contribution in [-0.4, -0.2) is 6.54 Å². The van der Waals surface area contributed by atoms with E-state index in [4.69, 9.17) is 0 Å². The minimum atomic E-state index is -4.67. The van der Waals surface area contributed by atoms with E-state index in [2.05, 4.69) is 11.9 Å². The van der Waals surface area contributed by atoms with Crippen LogP contribution in [0.5, 0.6) is 0 Å². The number of rotatable bonds is 4. The molecule has 0 atom stereocenters. The molecule has 0 heterocycles. The molecule has 1 rings (SSSR count). The summed E-state index contributed by atoms with van der Waals surface area (Å²) in [4.78, 5) is 0. The van der Waals surface area contributed by atoms with Crippen molar-refractivity contribution in [3.8, 4) is 0 Å². The lowest BCUT2D eigenvalue weighted by Gasteiger charge is -2.11. The first-order valence-corrected chi connectivity index (χ1v) is 5.05. The summed E-state index contributed by atoms with van der Waals surface area (Å²) in [6.07, 6.45) is -4.02. The highest BCUT2D eigenvalue weighted by Gasteiger charge is 2.34. The Bertz CT molecular complexity index is 409. The van der Waals surface area contributed by atoms with Crippen molar-refractivity contribution in [1.82, 2.24) is 0 Å². The van der Waals surface area contributed by atoms with Crippen LogP contribution in [0.1, 0.15) is 18.9 Å². The van der Waals surface area contributed by atoms with Crippen LogP contribution >= 0.6 is 0 Å². The van der Waals surface area contributed by atoms with Gasteiger partial charge in [-0.1, -0.05) is 5.57 Å². The topological polar surface area (TPSA) is 12.0 Å². The molecule has 1 nitrogen and oxygen atoms in total. The summed E-state index contributed by atoms with van der Waals surface area (Å²) in [7, 11) is 0. The molecule has 5 heteroatoms. The molecule has 0 aliphatic carbocycles. The maximum atomic E-state index is 13.0. The molecule has 0 saturated carbocycles. The fourth-order valence-electron chi connectivity index (χ4n) is 1.27. The van der Waals surface area contributed by atoms with E-state index in [-0.39, 0.29) is 5.69 Å². The lowest BCUT2D eigenvalue weighted by atomic mass is 10.1. The van der Waals surface area contributed by atoms with Crippen molar-refractivity contribution >= 4 is 5.69 Å². The van der Waals surface area contributed by atoms with Gasteiger partial charge in [-0.25, -0.2) is 4.39 Å². The van der Waals surface area contributed by atoms with Crippen molar-refractivity contribution in [3.05, 3.63) is 41.7 Å². The monoisotopic (exact) mass is 247 g/mol. The van der Waals surface area contributed by atoms with Crippen LogP contribution < -0.4 is 5.32 Å². The SMILES string of the molecule is C=C(C)CCNc1ccc(F)c(C(F)(F)F)c1. The highest BCUT2D eigenvalue weighted by atomic mass is 19.4. The van der Waals surface area contributed by atoms with Crippen molar-refractivity contribution in [2.45, 2.75) is 19.5 Å².